The first-order valence-corrected chi connectivity index (χ1v) is 8.39. The topological polar surface area (TPSA) is 21.3 Å². The molecule has 108 valence electrons. The predicted octanol–water partition coefficient (Wildman–Crippen LogP) is 4.36. The lowest BCUT2D eigenvalue weighted by Crippen LogP contribution is -2.44. The van der Waals surface area contributed by atoms with Crippen molar-refractivity contribution in [1.29, 1.82) is 0 Å². The summed E-state index contributed by atoms with van der Waals surface area (Å²) < 4.78 is 6.44. The van der Waals surface area contributed by atoms with Crippen molar-refractivity contribution in [2.24, 2.45) is 0 Å². The van der Waals surface area contributed by atoms with Crippen molar-refractivity contribution in [1.82, 2.24) is 5.32 Å². The fraction of sp³-hybridized carbons (Fsp3) is 0.667. The summed E-state index contributed by atoms with van der Waals surface area (Å²) in [4.78, 5) is 0. The molecule has 0 aromatic heterocycles. The first-order valence-electron chi connectivity index (χ1n) is 8.39. The van der Waals surface area contributed by atoms with Crippen LogP contribution in [0.5, 0.6) is 5.75 Å². The average molecular weight is 271 g/mol. The number of fused-ring (bicyclic) bond motifs is 1. The summed E-state index contributed by atoms with van der Waals surface area (Å²) in [5, 5.41) is 3.95. The maximum atomic E-state index is 6.44. The van der Waals surface area contributed by atoms with E-state index in [0.717, 1.165) is 11.8 Å². The molecular formula is C18H25NO. The number of benzene rings is 1. The third kappa shape index (κ3) is 2.24. The van der Waals surface area contributed by atoms with Gasteiger partial charge in [0.05, 0.1) is 0 Å². The molecule has 20 heavy (non-hydrogen) atoms. The molecule has 2 nitrogen and oxygen atoms in total. The van der Waals surface area contributed by atoms with E-state index in [1.807, 2.05) is 0 Å². The van der Waals surface area contributed by atoms with Crippen molar-refractivity contribution in [2.75, 3.05) is 0 Å². The molecule has 0 bridgehead atoms. The van der Waals surface area contributed by atoms with Gasteiger partial charge in [0.2, 0.25) is 0 Å². The minimum Gasteiger partial charge on any atom is -0.487 e. The molecule has 1 aromatic rings. The zero-order valence-electron chi connectivity index (χ0n) is 12.2. The van der Waals surface area contributed by atoms with Crippen LogP contribution in [0.2, 0.25) is 0 Å². The monoisotopic (exact) mass is 271 g/mol. The van der Waals surface area contributed by atoms with Gasteiger partial charge in [-0.25, -0.2) is 0 Å². The second-order valence-electron chi connectivity index (χ2n) is 6.93. The van der Waals surface area contributed by atoms with E-state index >= 15 is 0 Å². The molecule has 3 aliphatic rings. The van der Waals surface area contributed by atoms with Crippen LogP contribution in [0.25, 0.3) is 0 Å². The fourth-order valence-corrected chi connectivity index (χ4v) is 4.47. The minimum absolute atomic E-state index is 0.130. The Morgan fingerprint density at radius 1 is 1.00 bits per heavy atom. The van der Waals surface area contributed by atoms with Crippen LogP contribution in [0, 0.1) is 0 Å². The summed E-state index contributed by atoms with van der Waals surface area (Å²) in [5.41, 5.74) is 1.52. The summed E-state index contributed by atoms with van der Waals surface area (Å²) >= 11 is 0. The lowest BCUT2D eigenvalue weighted by Gasteiger charge is -2.41. The highest BCUT2D eigenvalue weighted by Gasteiger charge is 2.43. The zero-order valence-corrected chi connectivity index (χ0v) is 12.2. The first kappa shape index (κ1) is 12.7. The van der Waals surface area contributed by atoms with Crippen molar-refractivity contribution in [3.63, 3.8) is 0 Å². The van der Waals surface area contributed by atoms with Crippen molar-refractivity contribution in [2.45, 2.75) is 75.5 Å². The van der Waals surface area contributed by atoms with Gasteiger partial charge in [-0.1, -0.05) is 31.0 Å². The van der Waals surface area contributed by atoms with Gasteiger partial charge in [0.25, 0.3) is 0 Å². The standard InChI is InChI=1S/C18H25NO/c1-2-8-14(7-1)19-16-13-18(11-5-6-12-18)20-17-10-4-3-9-15(16)17/h3-4,9-10,14,16,19H,1-2,5-8,11-13H2. The smallest absolute Gasteiger partial charge is 0.124 e. The van der Waals surface area contributed by atoms with Gasteiger partial charge in [-0.15, -0.1) is 0 Å². The molecule has 1 unspecified atom stereocenters. The van der Waals surface area contributed by atoms with Crippen molar-refractivity contribution < 1.29 is 4.74 Å². The fourth-order valence-electron chi connectivity index (χ4n) is 4.47. The van der Waals surface area contributed by atoms with Crippen LogP contribution in [-0.4, -0.2) is 11.6 Å². The highest BCUT2D eigenvalue weighted by molar-refractivity contribution is 5.39. The molecule has 2 fully saturated rings. The van der Waals surface area contributed by atoms with Gasteiger partial charge in [-0.2, -0.15) is 0 Å². The van der Waals surface area contributed by atoms with Gasteiger partial charge in [-0.05, 0) is 44.6 Å². The van der Waals surface area contributed by atoms with Crippen LogP contribution in [0.15, 0.2) is 24.3 Å². The van der Waals surface area contributed by atoms with E-state index in [9.17, 15) is 0 Å². The van der Waals surface area contributed by atoms with Crippen LogP contribution in [0.1, 0.15) is 69.4 Å². The van der Waals surface area contributed by atoms with Gasteiger partial charge in [0, 0.05) is 24.1 Å². The van der Waals surface area contributed by atoms with Crippen molar-refractivity contribution >= 4 is 0 Å². The van der Waals surface area contributed by atoms with Gasteiger partial charge in [0.15, 0.2) is 0 Å². The number of hydrogen-bond acceptors (Lipinski definition) is 2. The largest absolute Gasteiger partial charge is 0.487 e. The molecule has 1 aromatic carbocycles. The van der Waals surface area contributed by atoms with E-state index < -0.39 is 0 Å². The Morgan fingerprint density at radius 2 is 1.75 bits per heavy atom. The van der Waals surface area contributed by atoms with Crippen LogP contribution in [0.3, 0.4) is 0 Å². The quantitative estimate of drug-likeness (QED) is 0.863. The molecule has 2 saturated carbocycles. The normalized spacial score (nSPS) is 28.5. The van der Waals surface area contributed by atoms with Gasteiger partial charge < -0.3 is 10.1 Å². The molecule has 0 radical (unpaired) electrons. The third-order valence-electron chi connectivity index (χ3n) is 5.50. The zero-order chi connectivity index (χ0) is 13.4. The Kier molecular flexibility index (Phi) is 3.22. The maximum absolute atomic E-state index is 6.44. The average Bonchev–Trinajstić information content (AvgIpc) is 3.11. The molecular weight excluding hydrogens is 246 g/mol. The number of rotatable bonds is 2. The van der Waals surface area contributed by atoms with E-state index in [-0.39, 0.29) is 5.60 Å². The van der Waals surface area contributed by atoms with Crippen molar-refractivity contribution in [3.8, 4) is 5.75 Å². The summed E-state index contributed by atoms with van der Waals surface area (Å²) in [5.74, 6) is 1.14. The molecule has 1 spiro atoms. The summed E-state index contributed by atoms with van der Waals surface area (Å²) in [7, 11) is 0. The molecule has 1 aliphatic heterocycles. The van der Waals surface area contributed by atoms with Gasteiger partial charge in [-0.3, -0.25) is 0 Å². The second kappa shape index (κ2) is 5.07. The second-order valence-corrected chi connectivity index (χ2v) is 6.93. The Hall–Kier alpha value is -1.02. The lowest BCUT2D eigenvalue weighted by atomic mass is 9.85. The van der Waals surface area contributed by atoms with Gasteiger partial charge in [0.1, 0.15) is 11.4 Å². The summed E-state index contributed by atoms with van der Waals surface area (Å²) in [6, 6.07) is 9.91. The van der Waals surface area contributed by atoms with E-state index in [2.05, 4.69) is 29.6 Å². The van der Waals surface area contributed by atoms with E-state index in [1.54, 1.807) is 0 Å². The van der Waals surface area contributed by atoms with Crippen LogP contribution in [0.4, 0.5) is 0 Å². The third-order valence-corrected chi connectivity index (χ3v) is 5.50. The highest BCUT2D eigenvalue weighted by Crippen LogP contribution is 2.47. The summed E-state index contributed by atoms with van der Waals surface area (Å²) in [6.07, 6.45) is 11.8. The molecule has 1 heterocycles. The predicted molar refractivity (Wildman–Crippen MR) is 81.0 cm³/mol. The minimum atomic E-state index is 0.130. The molecule has 0 amide bonds. The Balaban J connectivity index is 1.61. The number of nitrogens with one attached hydrogen (secondary N) is 1. The van der Waals surface area contributed by atoms with E-state index in [1.165, 1.54) is 63.4 Å². The molecule has 0 saturated heterocycles. The molecule has 2 aliphatic carbocycles. The van der Waals surface area contributed by atoms with E-state index in [4.69, 9.17) is 4.74 Å². The highest BCUT2D eigenvalue weighted by atomic mass is 16.5. The van der Waals surface area contributed by atoms with Crippen molar-refractivity contribution in [3.05, 3.63) is 29.8 Å². The van der Waals surface area contributed by atoms with Crippen LogP contribution < -0.4 is 10.1 Å². The SMILES string of the molecule is c1ccc2c(c1)OC1(CCCC1)CC2NC1CCCC1. The van der Waals surface area contributed by atoms with E-state index in [0.29, 0.717) is 6.04 Å². The number of ether oxygens (including phenoxy) is 1. The molecule has 2 heteroatoms. The maximum Gasteiger partial charge on any atom is 0.124 e. The lowest BCUT2D eigenvalue weighted by molar-refractivity contribution is 0.0349. The Morgan fingerprint density at radius 3 is 2.55 bits per heavy atom. The Labute approximate surface area is 121 Å². The summed E-state index contributed by atoms with van der Waals surface area (Å²) in [6.45, 7) is 0. The molecule has 1 atom stereocenters. The number of para-hydroxylation sites is 1. The molecule has 1 N–H and O–H groups in total. The number of hydrogen-bond donors (Lipinski definition) is 1. The van der Waals surface area contributed by atoms with Crippen LogP contribution in [-0.2, 0) is 0 Å². The first-order chi connectivity index (χ1) is 9.85. The van der Waals surface area contributed by atoms with Crippen LogP contribution >= 0.6 is 0 Å². The van der Waals surface area contributed by atoms with Gasteiger partial charge >= 0.3 is 0 Å². The molecule has 4 rings (SSSR count). The Bertz CT molecular complexity index is 472.